The lowest BCUT2D eigenvalue weighted by atomic mass is 10.2. The van der Waals surface area contributed by atoms with Gasteiger partial charge in [0.05, 0.1) is 5.75 Å². The van der Waals surface area contributed by atoms with Gasteiger partial charge < -0.3 is 5.11 Å². The van der Waals surface area contributed by atoms with Crippen LogP contribution in [0, 0.1) is 0 Å². The molecule has 1 unspecified atom stereocenters. The number of carbonyl (C=O) groups is 2. The van der Waals surface area contributed by atoms with Gasteiger partial charge in [-0.05, 0) is 12.1 Å². The number of hydrogen-bond acceptors (Lipinski definition) is 3. The molecule has 5 heteroatoms. The van der Waals surface area contributed by atoms with E-state index in [1.54, 1.807) is 24.3 Å². The quantitative estimate of drug-likeness (QED) is 0.840. The Bertz CT molecular complexity index is 407. The first kappa shape index (κ1) is 11.0. The van der Waals surface area contributed by atoms with Crippen LogP contribution >= 0.6 is 11.8 Å². The van der Waals surface area contributed by atoms with Crippen molar-refractivity contribution in [2.45, 2.75) is 6.04 Å². The first-order chi connectivity index (χ1) is 7.70. The summed E-state index contributed by atoms with van der Waals surface area (Å²) in [4.78, 5) is 24.2. The molecule has 1 aromatic rings. The van der Waals surface area contributed by atoms with Crippen molar-refractivity contribution >= 4 is 29.3 Å². The maximum atomic E-state index is 11.8. The Balaban J connectivity index is 2.34. The molecular formula is C11H11NO3S. The van der Waals surface area contributed by atoms with Crippen LogP contribution in [0.2, 0.25) is 0 Å². The third kappa shape index (κ3) is 2.04. The van der Waals surface area contributed by atoms with Gasteiger partial charge in [-0.1, -0.05) is 18.2 Å². The molecule has 1 aliphatic heterocycles. The van der Waals surface area contributed by atoms with E-state index >= 15 is 0 Å². The lowest BCUT2D eigenvalue weighted by Crippen LogP contribution is -2.50. The highest BCUT2D eigenvalue weighted by atomic mass is 32.2. The number of carboxylic acids is 1. The van der Waals surface area contributed by atoms with Crippen molar-refractivity contribution < 1.29 is 14.7 Å². The first-order valence-electron chi connectivity index (χ1n) is 4.88. The van der Waals surface area contributed by atoms with E-state index in [0.717, 1.165) is 0 Å². The van der Waals surface area contributed by atoms with Crippen molar-refractivity contribution in [3.8, 4) is 0 Å². The third-order valence-corrected chi connectivity index (χ3v) is 3.40. The summed E-state index contributed by atoms with van der Waals surface area (Å²) in [6.07, 6.45) is 0. The molecule has 1 heterocycles. The Morgan fingerprint density at radius 2 is 2.06 bits per heavy atom. The average Bonchev–Trinajstić information content (AvgIpc) is 2.29. The predicted octanol–water partition coefficient (Wildman–Crippen LogP) is 1.22. The fraction of sp³-hybridized carbons (Fsp3) is 0.273. The number of carboxylic acid groups (broad SMARTS) is 1. The minimum Gasteiger partial charge on any atom is -0.480 e. The van der Waals surface area contributed by atoms with Crippen LogP contribution in [0.3, 0.4) is 0 Å². The van der Waals surface area contributed by atoms with Gasteiger partial charge in [-0.25, -0.2) is 4.79 Å². The molecule has 0 radical (unpaired) electrons. The second-order valence-corrected chi connectivity index (χ2v) is 4.50. The molecule has 16 heavy (non-hydrogen) atoms. The van der Waals surface area contributed by atoms with Gasteiger partial charge in [0, 0.05) is 11.4 Å². The van der Waals surface area contributed by atoms with Crippen molar-refractivity contribution in [1.29, 1.82) is 0 Å². The van der Waals surface area contributed by atoms with E-state index in [-0.39, 0.29) is 5.91 Å². The van der Waals surface area contributed by atoms with Gasteiger partial charge in [0.15, 0.2) is 0 Å². The minimum atomic E-state index is -0.954. The van der Waals surface area contributed by atoms with E-state index in [1.807, 2.05) is 6.07 Å². The highest BCUT2D eigenvalue weighted by Crippen LogP contribution is 2.24. The highest BCUT2D eigenvalue weighted by molar-refractivity contribution is 8.00. The lowest BCUT2D eigenvalue weighted by Gasteiger charge is -2.32. The van der Waals surface area contributed by atoms with Crippen LogP contribution in [0.1, 0.15) is 0 Å². The number of thioether (sulfide) groups is 1. The summed E-state index contributed by atoms with van der Waals surface area (Å²) in [5.74, 6) is -0.312. The maximum Gasteiger partial charge on any atom is 0.327 e. The normalized spacial score (nSPS) is 20.9. The number of para-hydroxylation sites is 1. The molecule has 1 amide bonds. The van der Waals surface area contributed by atoms with Gasteiger partial charge in [-0.2, -0.15) is 0 Å². The van der Waals surface area contributed by atoms with E-state index in [0.29, 0.717) is 17.2 Å². The number of benzene rings is 1. The predicted molar refractivity (Wildman–Crippen MR) is 62.7 cm³/mol. The largest absolute Gasteiger partial charge is 0.480 e. The molecule has 0 bridgehead atoms. The Morgan fingerprint density at radius 3 is 2.69 bits per heavy atom. The molecule has 1 saturated heterocycles. The molecule has 1 N–H and O–H groups in total. The van der Waals surface area contributed by atoms with Crippen molar-refractivity contribution in [3.05, 3.63) is 30.3 Å². The molecule has 0 spiro atoms. The van der Waals surface area contributed by atoms with Crippen LogP contribution < -0.4 is 4.90 Å². The molecule has 1 aromatic carbocycles. The number of amides is 1. The minimum absolute atomic E-state index is 0.144. The number of hydrogen-bond donors (Lipinski definition) is 1. The molecule has 0 aliphatic carbocycles. The van der Waals surface area contributed by atoms with Crippen LogP contribution in [0.5, 0.6) is 0 Å². The fourth-order valence-electron chi connectivity index (χ4n) is 1.67. The summed E-state index contributed by atoms with van der Waals surface area (Å²) in [6, 6.07) is 8.18. The number of nitrogens with zero attached hydrogens (tertiary/aromatic N) is 1. The van der Waals surface area contributed by atoms with E-state index in [2.05, 4.69) is 0 Å². The Morgan fingerprint density at radius 1 is 1.38 bits per heavy atom. The standard InChI is InChI=1S/C11H11NO3S/c13-10-7-16-6-9(11(14)15)12(10)8-4-2-1-3-5-8/h1-5,9H,6-7H2,(H,14,15). The summed E-state index contributed by atoms with van der Waals surface area (Å²) in [7, 11) is 0. The molecule has 1 aliphatic rings. The summed E-state index contributed by atoms with van der Waals surface area (Å²) in [6.45, 7) is 0. The van der Waals surface area contributed by atoms with Crippen LogP contribution in [0.15, 0.2) is 30.3 Å². The fourth-order valence-corrected chi connectivity index (χ4v) is 2.62. The smallest absolute Gasteiger partial charge is 0.327 e. The molecule has 1 atom stereocenters. The Kier molecular flexibility index (Phi) is 3.14. The molecule has 0 saturated carbocycles. The molecule has 0 aromatic heterocycles. The number of aliphatic carboxylic acids is 1. The summed E-state index contributed by atoms with van der Waals surface area (Å²) in [5, 5.41) is 9.08. The van der Waals surface area contributed by atoms with Crippen molar-refractivity contribution in [2.24, 2.45) is 0 Å². The van der Waals surface area contributed by atoms with Crippen molar-refractivity contribution in [3.63, 3.8) is 0 Å². The van der Waals surface area contributed by atoms with Gasteiger partial charge in [0.2, 0.25) is 5.91 Å². The van der Waals surface area contributed by atoms with Gasteiger partial charge in [-0.3, -0.25) is 9.69 Å². The summed E-state index contributed by atoms with van der Waals surface area (Å²) < 4.78 is 0. The molecular weight excluding hydrogens is 226 g/mol. The first-order valence-corrected chi connectivity index (χ1v) is 6.03. The third-order valence-electron chi connectivity index (χ3n) is 2.40. The van der Waals surface area contributed by atoms with E-state index in [1.165, 1.54) is 16.7 Å². The Labute approximate surface area is 97.3 Å². The van der Waals surface area contributed by atoms with Gasteiger partial charge in [-0.15, -0.1) is 11.8 Å². The highest BCUT2D eigenvalue weighted by Gasteiger charge is 2.34. The SMILES string of the molecule is O=C(O)C1CSCC(=O)N1c1ccccc1. The second-order valence-electron chi connectivity index (χ2n) is 3.47. The monoisotopic (exact) mass is 237 g/mol. The second kappa shape index (κ2) is 4.57. The van der Waals surface area contributed by atoms with Crippen LogP contribution in [0.4, 0.5) is 5.69 Å². The molecule has 84 valence electrons. The van der Waals surface area contributed by atoms with Crippen molar-refractivity contribution in [2.75, 3.05) is 16.4 Å². The number of carbonyl (C=O) groups excluding carboxylic acids is 1. The summed E-state index contributed by atoms with van der Waals surface area (Å²) in [5.41, 5.74) is 0.653. The van der Waals surface area contributed by atoms with E-state index in [9.17, 15) is 9.59 Å². The Hall–Kier alpha value is -1.49. The summed E-state index contributed by atoms with van der Waals surface area (Å²) >= 11 is 1.37. The van der Waals surface area contributed by atoms with Crippen LogP contribution in [-0.2, 0) is 9.59 Å². The maximum absolute atomic E-state index is 11.8. The van der Waals surface area contributed by atoms with E-state index in [4.69, 9.17) is 5.11 Å². The van der Waals surface area contributed by atoms with E-state index < -0.39 is 12.0 Å². The van der Waals surface area contributed by atoms with Gasteiger partial charge >= 0.3 is 5.97 Å². The zero-order valence-electron chi connectivity index (χ0n) is 8.50. The number of anilines is 1. The molecule has 4 nitrogen and oxygen atoms in total. The zero-order valence-corrected chi connectivity index (χ0v) is 9.31. The molecule has 1 fully saturated rings. The average molecular weight is 237 g/mol. The van der Waals surface area contributed by atoms with Gasteiger partial charge in [0.1, 0.15) is 6.04 Å². The topological polar surface area (TPSA) is 57.6 Å². The van der Waals surface area contributed by atoms with Crippen LogP contribution in [0.25, 0.3) is 0 Å². The van der Waals surface area contributed by atoms with Crippen molar-refractivity contribution in [1.82, 2.24) is 0 Å². The lowest BCUT2D eigenvalue weighted by molar-refractivity contribution is -0.139. The number of rotatable bonds is 2. The molecule has 2 rings (SSSR count). The van der Waals surface area contributed by atoms with Crippen LogP contribution in [-0.4, -0.2) is 34.5 Å². The zero-order chi connectivity index (χ0) is 11.5. The van der Waals surface area contributed by atoms with Gasteiger partial charge in [0.25, 0.3) is 0 Å².